The quantitative estimate of drug-likeness (QED) is 0.503. The molecule has 0 unspecified atom stereocenters. The van der Waals surface area contributed by atoms with Gasteiger partial charge >= 0.3 is 0 Å². The van der Waals surface area contributed by atoms with Crippen LogP contribution in [-0.2, 0) is 10.0 Å². The van der Waals surface area contributed by atoms with Crippen molar-refractivity contribution in [3.63, 3.8) is 0 Å². The standard InChI is InChI=1S/C22H18FN3O3S/c1-25(30(2,28)29)18-7-5-6-15(14-18)21-19-8-3-4-9-20(19)22(27)26(24-21)17-12-10-16(23)11-13-17/h3-14H,1-2H3. The van der Waals surface area contributed by atoms with Gasteiger partial charge in [0.15, 0.2) is 0 Å². The van der Waals surface area contributed by atoms with Crippen LogP contribution in [0.2, 0.25) is 0 Å². The summed E-state index contributed by atoms with van der Waals surface area (Å²) < 4.78 is 39.6. The number of hydrogen-bond donors (Lipinski definition) is 0. The van der Waals surface area contributed by atoms with Crippen molar-refractivity contribution in [1.82, 2.24) is 9.78 Å². The normalized spacial score (nSPS) is 11.6. The smallest absolute Gasteiger partial charge is 0.274 e. The first-order chi connectivity index (χ1) is 14.3. The largest absolute Gasteiger partial charge is 0.279 e. The Labute approximate surface area is 172 Å². The summed E-state index contributed by atoms with van der Waals surface area (Å²) in [6.07, 6.45) is 1.13. The Hall–Kier alpha value is -3.52. The Morgan fingerprint density at radius 3 is 2.27 bits per heavy atom. The Morgan fingerprint density at radius 1 is 0.933 bits per heavy atom. The zero-order valence-electron chi connectivity index (χ0n) is 16.3. The average molecular weight is 423 g/mol. The van der Waals surface area contributed by atoms with Crippen molar-refractivity contribution in [3.8, 4) is 16.9 Å². The number of benzene rings is 3. The fourth-order valence-electron chi connectivity index (χ4n) is 3.20. The molecule has 4 aromatic rings. The van der Waals surface area contributed by atoms with E-state index in [-0.39, 0.29) is 5.56 Å². The number of fused-ring (bicyclic) bond motifs is 1. The lowest BCUT2D eigenvalue weighted by Gasteiger charge is -2.18. The minimum Gasteiger partial charge on any atom is -0.274 e. The molecule has 0 saturated heterocycles. The van der Waals surface area contributed by atoms with Gasteiger partial charge in [-0.1, -0.05) is 30.3 Å². The number of halogens is 1. The van der Waals surface area contributed by atoms with Crippen LogP contribution in [0.3, 0.4) is 0 Å². The van der Waals surface area contributed by atoms with Crippen molar-refractivity contribution in [2.24, 2.45) is 0 Å². The molecular weight excluding hydrogens is 405 g/mol. The van der Waals surface area contributed by atoms with E-state index in [4.69, 9.17) is 0 Å². The number of aromatic nitrogens is 2. The molecule has 30 heavy (non-hydrogen) atoms. The summed E-state index contributed by atoms with van der Waals surface area (Å²) >= 11 is 0. The molecule has 0 aliphatic heterocycles. The fraction of sp³-hybridized carbons (Fsp3) is 0.0909. The summed E-state index contributed by atoms with van der Waals surface area (Å²) in [5.41, 5.74) is 1.73. The molecule has 1 aromatic heterocycles. The SMILES string of the molecule is CN(c1cccc(-c2nn(-c3ccc(F)cc3)c(=O)c3ccccc23)c1)S(C)(=O)=O. The van der Waals surface area contributed by atoms with E-state index in [2.05, 4.69) is 5.10 Å². The first kappa shape index (κ1) is 19.8. The summed E-state index contributed by atoms with van der Waals surface area (Å²) in [5, 5.41) is 5.64. The number of rotatable bonds is 4. The maximum absolute atomic E-state index is 13.4. The van der Waals surface area contributed by atoms with E-state index in [0.29, 0.717) is 33.4 Å². The zero-order valence-corrected chi connectivity index (χ0v) is 17.1. The topological polar surface area (TPSA) is 72.3 Å². The van der Waals surface area contributed by atoms with E-state index in [1.54, 1.807) is 42.5 Å². The van der Waals surface area contributed by atoms with E-state index in [9.17, 15) is 17.6 Å². The molecule has 4 rings (SSSR count). The Bertz CT molecular complexity index is 1410. The van der Waals surface area contributed by atoms with Crippen LogP contribution in [0.5, 0.6) is 0 Å². The molecule has 0 radical (unpaired) electrons. The van der Waals surface area contributed by atoms with Crippen LogP contribution in [0.15, 0.2) is 77.6 Å². The van der Waals surface area contributed by atoms with Gasteiger partial charge in [0.2, 0.25) is 10.0 Å². The molecule has 0 spiro atoms. The van der Waals surface area contributed by atoms with E-state index < -0.39 is 15.8 Å². The molecule has 8 heteroatoms. The van der Waals surface area contributed by atoms with Crippen molar-refractivity contribution in [2.45, 2.75) is 0 Å². The van der Waals surface area contributed by atoms with Crippen LogP contribution in [0.4, 0.5) is 10.1 Å². The molecule has 0 atom stereocenters. The molecule has 3 aromatic carbocycles. The zero-order chi connectivity index (χ0) is 21.5. The van der Waals surface area contributed by atoms with Gasteiger partial charge in [-0.3, -0.25) is 9.10 Å². The van der Waals surface area contributed by atoms with Crippen LogP contribution < -0.4 is 9.86 Å². The van der Waals surface area contributed by atoms with Crippen LogP contribution in [0.25, 0.3) is 27.7 Å². The van der Waals surface area contributed by atoms with Crippen molar-refractivity contribution < 1.29 is 12.8 Å². The lowest BCUT2D eigenvalue weighted by Crippen LogP contribution is -2.25. The van der Waals surface area contributed by atoms with Gasteiger partial charge in [-0.05, 0) is 42.5 Å². The van der Waals surface area contributed by atoms with Gasteiger partial charge in [-0.2, -0.15) is 9.78 Å². The predicted octanol–water partition coefficient (Wildman–Crippen LogP) is 3.59. The molecule has 0 aliphatic carbocycles. The minimum absolute atomic E-state index is 0.328. The first-order valence-electron chi connectivity index (χ1n) is 9.08. The molecule has 0 bridgehead atoms. The van der Waals surface area contributed by atoms with E-state index in [1.807, 2.05) is 6.07 Å². The fourth-order valence-corrected chi connectivity index (χ4v) is 3.70. The maximum Gasteiger partial charge on any atom is 0.279 e. The van der Waals surface area contributed by atoms with Gasteiger partial charge in [-0.15, -0.1) is 0 Å². The molecule has 0 N–H and O–H groups in total. The summed E-state index contributed by atoms with van der Waals surface area (Å²) in [6.45, 7) is 0. The van der Waals surface area contributed by atoms with Crippen LogP contribution >= 0.6 is 0 Å². The van der Waals surface area contributed by atoms with Gasteiger partial charge in [-0.25, -0.2) is 12.8 Å². The Morgan fingerprint density at radius 2 is 1.60 bits per heavy atom. The second-order valence-electron chi connectivity index (χ2n) is 6.87. The second kappa shape index (κ2) is 7.38. The highest BCUT2D eigenvalue weighted by molar-refractivity contribution is 7.92. The van der Waals surface area contributed by atoms with Gasteiger partial charge in [0, 0.05) is 18.0 Å². The molecule has 0 fully saturated rings. The first-order valence-corrected chi connectivity index (χ1v) is 10.9. The second-order valence-corrected chi connectivity index (χ2v) is 8.88. The monoisotopic (exact) mass is 423 g/mol. The molecule has 0 saturated carbocycles. The number of anilines is 1. The highest BCUT2D eigenvalue weighted by Gasteiger charge is 2.16. The molecule has 0 aliphatic rings. The lowest BCUT2D eigenvalue weighted by atomic mass is 10.0. The van der Waals surface area contributed by atoms with Gasteiger partial charge < -0.3 is 0 Å². The van der Waals surface area contributed by atoms with Crippen LogP contribution in [0, 0.1) is 5.82 Å². The average Bonchev–Trinajstić information content (AvgIpc) is 2.74. The van der Waals surface area contributed by atoms with E-state index in [0.717, 1.165) is 6.26 Å². The summed E-state index contributed by atoms with van der Waals surface area (Å²) in [6, 6.07) is 19.5. The third-order valence-corrected chi connectivity index (χ3v) is 6.06. The Kier molecular flexibility index (Phi) is 4.87. The van der Waals surface area contributed by atoms with E-state index >= 15 is 0 Å². The van der Waals surface area contributed by atoms with Gasteiger partial charge in [0.1, 0.15) is 5.82 Å². The number of sulfonamides is 1. The third kappa shape index (κ3) is 3.57. The van der Waals surface area contributed by atoms with Crippen LogP contribution in [-0.4, -0.2) is 31.5 Å². The van der Waals surface area contributed by atoms with Crippen molar-refractivity contribution in [1.29, 1.82) is 0 Å². The molecule has 6 nitrogen and oxygen atoms in total. The van der Waals surface area contributed by atoms with E-state index in [1.165, 1.54) is 40.3 Å². The Balaban J connectivity index is 1.99. The molecule has 1 heterocycles. The highest BCUT2D eigenvalue weighted by Crippen LogP contribution is 2.29. The minimum atomic E-state index is -3.44. The van der Waals surface area contributed by atoms with Gasteiger partial charge in [0.25, 0.3) is 5.56 Å². The van der Waals surface area contributed by atoms with Crippen molar-refractivity contribution in [2.75, 3.05) is 17.6 Å². The molecular formula is C22H18FN3O3S. The number of nitrogens with zero attached hydrogens (tertiary/aromatic N) is 3. The lowest BCUT2D eigenvalue weighted by molar-refractivity contribution is 0.600. The molecule has 0 amide bonds. The maximum atomic E-state index is 13.4. The highest BCUT2D eigenvalue weighted by atomic mass is 32.2. The van der Waals surface area contributed by atoms with Crippen molar-refractivity contribution >= 4 is 26.5 Å². The van der Waals surface area contributed by atoms with Gasteiger partial charge in [0.05, 0.1) is 28.7 Å². The number of hydrogen-bond acceptors (Lipinski definition) is 4. The van der Waals surface area contributed by atoms with Crippen LogP contribution in [0.1, 0.15) is 0 Å². The summed E-state index contributed by atoms with van der Waals surface area (Å²) in [7, 11) is -1.97. The summed E-state index contributed by atoms with van der Waals surface area (Å²) in [4.78, 5) is 13.0. The predicted molar refractivity (Wildman–Crippen MR) is 116 cm³/mol. The molecule has 152 valence electrons. The third-order valence-electron chi connectivity index (χ3n) is 4.86. The summed E-state index contributed by atoms with van der Waals surface area (Å²) in [5.74, 6) is -0.413. The van der Waals surface area contributed by atoms with Crippen molar-refractivity contribution in [3.05, 3.63) is 89.0 Å².